The first-order chi connectivity index (χ1) is 15.7. The first-order valence-electron chi connectivity index (χ1n) is 13.1. The number of carbonyl (C=O) groups excluding carboxylic acids is 1. The summed E-state index contributed by atoms with van der Waals surface area (Å²) in [4.78, 5) is 12.6. The predicted molar refractivity (Wildman–Crippen MR) is 135 cm³/mol. The van der Waals surface area contributed by atoms with Crippen LogP contribution in [0.5, 0.6) is 5.75 Å². The lowest BCUT2D eigenvalue weighted by Crippen LogP contribution is -2.29. The zero-order valence-electron chi connectivity index (χ0n) is 20.3. The lowest BCUT2D eigenvalue weighted by Gasteiger charge is -2.38. The van der Waals surface area contributed by atoms with Gasteiger partial charge in [-0.05, 0) is 72.9 Å². The molecule has 0 aliphatic heterocycles. The van der Waals surface area contributed by atoms with E-state index in [0.717, 1.165) is 6.42 Å². The third-order valence-corrected chi connectivity index (χ3v) is 7.26. The van der Waals surface area contributed by atoms with Crippen LogP contribution in [0.4, 0.5) is 0 Å². The third-order valence-electron chi connectivity index (χ3n) is 7.26. The van der Waals surface area contributed by atoms with Crippen LogP contribution in [0.1, 0.15) is 119 Å². The number of esters is 1. The summed E-state index contributed by atoms with van der Waals surface area (Å²) < 4.78 is 5.69. The predicted octanol–water partition coefficient (Wildman–Crippen LogP) is 8.81. The maximum absolute atomic E-state index is 12.6. The Morgan fingerprint density at radius 3 is 2.09 bits per heavy atom. The van der Waals surface area contributed by atoms with Crippen molar-refractivity contribution in [3.05, 3.63) is 65.2 Å². The van der Waals surface area contributed by atoms with Gasteiger partial charge in [0.15, 0.2) is 0 Å². The zero-order chi connectivity index (χ0) is 22.7. The molecular weight excluding hydrogens is 392 g/mol. The number of aryl methyl sites for hydroxylation is 1. The fourth-order valence-electron chi connectivity index (χ4n) is 5.23. The van der Waals surface area contributed by atoms with Gasteiger partial charge in [0.05, 0.1) is 5.56 Å². The van der Waals surface area contributed by atoms with Gasteiger partial charge in [-0.25, -0.2) is 4.79 Å². The molecular formula is C30H42O2. The van der Waals surface area contributed by atoms with E-state index in [4.69, 9.17) is 4.74 Å². The Balaban J connectivity index is 1.60. The SMILES string of the molecule is CCCCCCC1(c2ccc(OC(=O)c3ccc(CCCCC)cc3)cc2)CCCCC1. The van der Waals surface area contributed by atoms with Crippen molar-refractivity contribution in [2.75, 3.05) is 0 Å². The highest BCUT2D eigenvalue weighted by Gasteiger charge is 2.33. The molecule has 0 spiro atoms. The van der Waals surface area contributed by atoms with E-state index < -0.39 is 0 Å². The molecule has 2 aromatic carbocycles. The van der Waals surface area contributed by atoms with Gasteiger partial charge in [-0.1, -0.05) is 95.9 Å². The average molecular weight is 435 g/mol. The maximum Gasteiger partial charge on any atom is 0.343 e. The van der Waals surface area contributed by atoms with E-state index >= 15 is 0 Å². The number of rotatable bonds is 12. The second-order valence-corrected chi connectivity index (χ2v) is 9.72. The molecule has 0 atom stereocenters. The number of benzene rings is 2. The Hall–Kier alpha value is -2.09. The number of carbonyl (C=O) groups is 1. The average Bonchev–Trinajstić information content (AvgIpc) is 2.83. The van der Waals surface area contributed by atoms with E-state index in [1.54, 1.807) is 0 Å². The van der Waals surface area contributed by atoms with Gasteiger partial charge in [-0.3, -0.25) is 0 Å². The molecule has 1 fully saturated rings. The molecule has 0 amide bonds. The number of ether oxygens (including phenoxy) is 1. The Labute approximate surface area is 195 Å². The van der Waals surface area contributed by atoms with Crippen LogP contribution in [-0.2, 0) is 11.8 Å². The molecule has 2 heteroatoms. The van der Waals surface area contributed by atoms with E-state index in [1.807, 2.05) is 24.3 Å². The topological polar surface area (TPSA) is 26.3 Å². The number of hydrogen-bond donors (Lipinski definition) is 0. The molecule has 0 radical (unpaired) electrons. The minimum absolute atomic E-state index is 0.273. The Bertz CT molecular complexity index is 798. The third kappa shape index (κ3) is 6.95. The van der Waals surface area contributed by atoms with Crippen LogP contribution in [0, 0.1) is 0 Å². The highest BCUT2D eigenvalue weighted by atomic mass is 16.5. The summed E-state index contributed by atoms with van der Waals surface area (Å²) >= 11 is 0. The van der Waals surface area contributed by atoms with Gasteiger partial charge in [0.25, 0.3) is 0 Å². The standard InChI is InChI=1S/C30H42O2/c1-3-5-7-10-22-30(23-11-8-12-24-30)27-18-20-28(21-19-27)32-29(31)26-16-14-25(15-17-26)13-9-6-4-2/h14-21H,3-13,22-24H2,1-2H3. The summed E-state index contributed by atoms with van der Waals surface area (Å²) in [5, 5.41) is 0. The van der Waals surface area contributed by atoms with Gasteiger partial charge >= 0.3 is 5.97 Å². The fraction of sp³-hybridized carbons (Fsp3) is 0.567. The largest absolute Gasteiger partial charge is 0.423 e. The molecule has 32 heavy (non-hydrogen) atoms. The molecule has 1 saturated carbocycles. The minimum Gasteiger partial charge on any atom is -0.423 e. The molecule has 2 nitrogen and oxygen atoms in total. The van der Waals surface area contributed by atoms with Crippen molar-refractivity contribution in [2.24, 2.45) is 0 Å². The van der Waals surface area contributed by atoms with Gasteiger partial charge in [-0.15, -0.1) is 0 Å². The number of hydrogen-bond acceptors (Lipinski definition) is 2. The van der Waals surface area contributed by atoms with Crippen LogP contribution < -0.4 is 4.74 Å². The molecule has 0 saturated heterocycles. The lowest BCUT2D eigenvalue weighted by atomic mass is 9.66. The molecule has 2 aromatic rings. The zero-order valence-corrected chi connectivity index (χ0v) is 20.3. The summed E-state index contributed by atoms with van der Waals surface area (Å²) in [5.74, 6) is 0.368. The van der Waals surface area contributed by atoms with Crippen LogP contribution in [0.25, 0.3) is 0 Å². The van der Waals surface area contributed by atoms with Crippen LogP contribution in [-0.4, -0.2) is 5.97 Å². The Morgan fingerprint density at radius 2 is 1.44 bits per heavy atom. The van der Waals surface area contributed by atoms with Crippen LogP contribution in [0.15, 0.2) is 48.5 Å². The first kappa shape index (κ1) is 24.6. The molecule has 1 aliphatic carbocycles. The normalized spacial score (nSPS) is 15.4. The van der Waals surface area contributed by atoms with Gasteiger partial charge < -0.3 is 4.74 Å². The Morgan fingerprint density at radius 1 is 0.781 bits per heavy atom. The van der Waals surface area contributed by atoms with Crippen molar-refractivity contribution < 1.29 is 9.53 Å². The molecule has 0 unspecified atom stereocenters. The van der Waals surface area contributed by atoms with E-state index in [9.17, 15) is 4.79 Å². The van der Waals surface area contributed by atoms with Crippen molar-refractivity contribution in [3.8, 4) is 5.75 Å². The summed E-state index contributed by atoms with van der Waals surface area (Å²) in [6, 6.07) is 16.3. The molecule has 174 valence electrons. The molecule has 0 aromatic heterocycles. The van der Waals surface area contributed by atoms with Crippen molar-refractivity contribution in [1.29, 1.82) is 0 Å². The summed E-state index contributed by atoms with van der Waals surface area (Å²) in [6.07, 6.45) is 17.9. The monoisotopic (exact) mass is 434 g/mol. The molecule has 0 bridgehead atoms. The van der Waals surface area contributed by atoms with E-state index in [1.165, 1.54) is 94.6 Å². The quantitative estimate of drug-likeness (QED) is 0.189. The van der Waals surface area contributed by atoms with Gasteiger partial charge in [0.1, 0.15) is 5.75 Å². The van der Waals surface area contributed by atoms with Crippen molar-refractivity contribution in [2.45, 2.75) is 109 Å². The molecule has 3 rings (SSSR count). The number of unbranched alkanes of at least 4 members (excludes halogenated alkanes) is 5. The lowest BCUT2D eigenvalue weighted by molar-refractivity contribution is 0.0734. The fourth-order valence-corrected chi connectivity index (χ4v) is 5.23. The highest BCUT2D eigenvalue weighted by molar-refractivity contribution is 5.91. The maximum atomic E-state index is 12.6. The second-order valence-electron chi connectivity index (χ2n) is 9.72. The smallest absolute Gasteiger partial charge is 0.343 e. The van der Waals surface area contributed by atoms with E-state index in [2.05, 4.69) is 38.1 Å². The Kier molecular flexibility index (Phi) is 9.84. The van der Waals surface area contributed by atoms with Crippen molar-refractivity contribution >= 4 is 5.97 Å². The van der Waals surface area contributed by atoms with Crippen LogP contribution in [0.2, 0.25) is 0 Å². The van der Waals surface area contributed by atoms with Gasteiger partial charge in [0.2, 0.25) is 0 Å². The molecule has 0 N–H and O–H groups in total. The van der Waals surface area contributed by atoms with Gasteiger partial charge in [0, 0.05) is 0 Å². The summed E-state index contributed by atoms with van der Waals surface area (Å²) in [6.45, 7) is 4.49. The molecule has 0 heterocycles. The van der Waals surface area contributed by atoms with Crippen LogP contribution >= 0.6 is 0 Å². The first-order valence-corrected chi connectivity index (χ1v) is 13.1. The van der Waals surface area contributed by atoms with E-state index in [-0.39, 0.29) is 5.97 Å². The summed E-state index contributed by atoms with van der Waals surface area (Å²) in [5.41, 5.74) is 3.66. The van der Waals surface area contributed by atoms with Crippen molar-refractivity contribution in [1.82, 2.24) is 0 Å². The highest BCUT2D eigenvalue weighted by Crippen LogP contribution is 2.43. The van der Waals surface area contributed by atoms with Crippen molar-refractivity contribution in [3.63, 3.8) is 0 Å². The minimum atomic E-state index is -0.273. The van der Waals surface area contributed by atoms with E-state index in [0.29, 0.717) is 16.7 Å². The molecule has 1 aliphatic rings. The van der Waals surface area contributed by atoms with Gasteiger partial charge in [-0.2, -0.15) is 0 Å². The summed E-state index contributed by atoms with van der Waals surface area (Å²) in [7, 11) is 0. The second kappa shape index (κ2) is 12.8. The van der Waals surface area contributed by atoms with Crippen LogP contribution in [0.3, 0.4) is 0 Å².